The van der Waals surface area contributed by atoms with E-state index in [-0.39, 0.29) is 22.8 Å². The Morgan fingerprint density at radius 3 is 2.35 bits per heavy atom. The number of carbonyl (C=O) groups excluding carboxylic acids is 2. The maximum absolute atomic E-state index is 12.6. The zero-order valence-corrected chi connectivity index (χ0v) is 19.8. The Balaban J connectivity index is 1.54. The number of rotatable bonds is 9. The highest BCUT2D eigenvalue weighted by Crippen LogP contribution is 2.23. The molecular weight excluding hydrogens is 458 g/mol. The summed E-state index contributed by atoms with van der Waals surface area (Å²) >= 11 is 0. The predicted molar refractivity (Wildman–Crippen MR) is 125 cm³/mol. The molecule has 0 fully saturated rings. The molecule has 178 valence electrons. The van der Waals surface area contributed by atoms with E-state index in [1.165, 1.54) is 37.4 Å². The van der Waals surface area contributed by atoms with Crippen molar-refractivity contribution in [1.82, 2.24) is 5.32 Å². The molecular formula is C25H25NO7S. The number of benzene rings is 3. The van der Waals surface area contributed by atoms with E-state index in [1.807, 2.05) is 24.3 Å². The Morgan fingerprint density at radius 2 is 1.65 bits per heavy atom. The first kappa shape index (κ1) is 24.8. The van der Waals surface area contributed by atoms with Gasteiger partial charge in [0.15, 0.2) is 6.61 Å². The van der Waals surface area contributed by atoms with Gasteiger partial charge in [-0.15, -0.1) is 0 Å². The number of aryl methyl sites for hydroxylation is 2. The monoisotopic (exact) mass is 483 g/mol. The minimum Gasteiger partial charge on any atom is -0.496 e. The van der Waals surface area contributed by atoms with E-state index in [2.05, 4.69) is 5.32 Å². The molecule has 3 aromatic carbocycles. The molecule has 0 bridgehead atoms. The van der Waals surface area contributed by atoms with Crippen molar-refractivity contribution >= 4 is 22.0 Å². The van der Waals surface area contributed by atoms with Gasteiger partial charge in [0.2, 0.25) is 0 Å². The predicted octanol–water partition coefficient (Wildman–Crippen LogP) is 3.55. The van der Waals surface area contributed by atoms with Gasteiger partial charge in [-0.25, -0.2) is 4.79 Å². The van der Waals surface area contributed by atoms with Crippen molar-refractivity contribution in [2.24, 2.45) is 0 Å². The number of hydrogen-bond donors (Lipinski definition) is 1. The van der Waals surface area contributed by atoms with Gasteiger partial charge in [-0.1, -0.05) is 30.3 Å². The van der Waals surface area contributed by atoms with Crippen LogP contribution in [0.15, 0.2) is 71.6 Å². The Bertz CT molecular complexity index is 1280. The van der Waals surface area contributed by atoms with E-state index in [0.29, 0.717) is 11.3 Å². The summed E-state index contributed by atoms with van der Waals surface area (Å²) in [6.07, 6.45) is 0. The second kappa shape index (κ2) is 10.8. The van der Waals surface area contributed by atoms with Crippen LogP contribution in [0.4, 0.5) is 0 Å². The molecule has 0 spiro atoms. The van der Waals surface area contributed by atoms with E-state index in [0.717, 1.165) is 11.1 Å². The molecule has 0 aliphatic carbocycles. The lowest BCUT2D eigenvalue weighted by Crippen LogP contribution is -2.28. The fourth-order valence-electron chi connectivity index (χ4n) is 3.10. The minimum absolute atomic E-state index is 0.0482. The molecule has 0 unspecified atom stereocenters. The van der Waals surface area contributed by atoms with Crippen molar-refractivity contribution in [3.8, 4) is 11.5 Å². The van der Waals surface area contributed by atoms with Crippen LogP contribution in [0, 0.1) is 13.8 Å². The molecule has 0 atom stereocenters. The lowest BCUT2D eigenvalue weighted by molar-refractivity contribution is -0.124. The number of para-hydroxylation sites is 1. The summed E-state index contributed by atoms with van der Waals surface area (Å²) in [7, 11) is -2.49. The van der Waals surface area contributed by atoms with Crippen LogP contribution in [-0.4, -0.2) is 34.0 Å². The molecule has 0 aliphatic heterocycles. The molecule has 0 saturated heterocycles. The Labute approximate surface area is 198 Å². The number of carbonyl (C=O) groups is 2. The topological polar surface area (TPSA) is 108 Å². The molecule has 0 saturated carbocycles. The van der Waals surface area contributed by atoms with Gasteiger partial charge in [0.25, 0.3) is 5.91 Å². The normalized spacial score (nSPS) is 10.9. The van der Waals surface area contributed by atoms with Gasteiger partial charge >= 0.3 is 16.1 Å². The zero-order valence-electron chi connectivity index (χ0n) is 19.0. The first-order chi connectivity index (χ1) is 16.2. The molecule has 34 heavy (non-hydrogen) atoms. The van der Waals surface area contributed by atoms with E-state index in [9.17, 15) is 18.0 Å². The van der Waals surface area contributed by atoms with Crippen LogP contribution in [0.2, 0.25) is 0 Å². The summed E-state index contributed by atoms with van der Waals surface area (Å²) < 4.78 is 40.7. The molecule has 0 heterocycles. The second-order valence-electron chi connectivity index (χ2n) is 7.50. The Hall–Kier alpha value is -3.85. The highest BCUT2D eigenvalue weighted by molar-refractivity contribution is 7.87. The van der Waals surface area contributed by atoms with E-state index >= 15 is 0 Å². The largest absolute Gasteiger partial charge is 0.496 e. The molecule has 9 heteroatoms. The summed E-state index contributed by atoms with van der Waals surface area (Å²) in [6, 6.07) is 17.7. The number of methoxy groups -OCH3 is 1. The fourth-order valence-corrected chi connectivity index (χ4v) is 4.35. The number of amides is 1. The smallest absolute Gasteiger partial charge is 0.339 e. The average Bonchev–Trinajstić information content (AvgIpc) is 2.83. The lowest BCUT2D eigenvalue weighted by atomic mass is 10.2. The fraction of sp³-hybridized carbons (Fsp3) is 0.200. The van der Waals surface area contributed by atoms with E-state index < -0.39 is 28.6 Å². The maximum atomic E-state index is 12.6. The molecule has 1 N–H and O–H groups in total. The van der Waals surface area contributed by atoms with Gasteiger partial charge in [0.05, 0.1) is 12.7 Å². The third kappa shape index (κ3) is 6.35. The minimum atomic E-state index is -4.03. The zero-order chi connectivity index (χ0) is 24.7. The van der Waals surface area contributed by atoms with Crippen LogP contribution >= 0.6 is 0 Å². The third-order valence-corrected chi connectivity index (χ3v) is 6.30. The standard InChI is InChI=1S/C25H25NO7S/c1-17-8-9-18(2)23(14-17)34(29,30)33-21-12-10-19(11-13-21)25(28)32-16-24(27)26-15-20-6-4-5-7-22(20)31-3/h4-14H,15-16H2,1-3H3,(H,26,27). The summed E-state index contributed by atoms with van der Waals surface area (Å²) in [5.74, 6) is -0.510. The van der Waals surface area contributed by atoms with Crippen molar-refractivity contribution in [2.45, 2.75) is 25.3 Å². The lowest BCUT2D eigenvalue weighted by Gasteiger charge is -2.11. The average molecular weight is 484 g/mol. The van der Waals surface area contributed by atoms with Gasteiger partial charge in [-0.3, -0.25) is 4.79 Å². The second-order valence-corrected chi connectivity index (χ2v) is 9.01. The van der Waals surface area contributed by atoms with Crippen molar-refractivity contribution in [3.63, 3.8) is 0 Å². The Kier molecular flexibility index (Phi) is 7.91. The van der Waals surface area contributed by atoms with Crippen molar-refractivity contribution in [2.75, 3.05) is 13.7 Å². The van der Waals surface area contributed by atoms with Crippen LogP contribution in [0.25, 0.3) is 0 Å². The quantitative estimate of drug-likeness (QED) is 0.366. The first-order valence-electron chi connectivity index (χ1n) is 10.4. The Morgan fingerprint density at radius 1 is 0.941 bits per heavy atom. The number of hydrogen-bond acceptors (Lipinski definition) is 7. The highest BCUT2D eigenvalue weighted by atomic mass is 32.2. The van der Waals surface area contributed by atoms with E-state index in [4.69, 9.17) is 13.7 Å². The number of esters is 1. The van der Waals surface area contributed by atoms with Gasteiger partial charge < -0.3 is 19.0 Å². The molecule has 3 rings (SSSR count). The van der Waals surface area contributed by atoms with Crippen molar-refractivity contribution < 1.29 is 31.7 Å². The molecule has 0 radical (unpaired) electrons. The summed E-state index contributed by atoms with van der Waals surface area (Å²) in [5.41, 5.74) is 2.29. The van der Waals surface area contributed by atoms with Gasteiger partial charge in [-0.2, -0.15) is 8.42 Å². The molecule has 3 aromatic rings. The number of ether oxygens (including phenoxy) is 2. The first-order valence-corrected chi connectivity index (χ1v) is 11.8. The molecule has 0 aromatic heterocycles. The molecule has 1 amide bonds. The van der Waals surface area contributed by atoms with Gasteiger partial charge in [-0.05, 0) is 61.4 Å². The van der Waals surface area contributed by atoms with Gasteiger partial charge in [0.1, 0.15) is 16.4 Å². The van der Waals surface area contributed by atoms with Crippen LogP contribution in [0.3, 0.4) is 0 Å². The summed E-state index contributed by atoms with van der Waals surface area (Å²) in [6.45, 7) is 3.23. The van der Waals surface area contributed by atoms with Crippen molar-refractivity contribution in [3.05, 3.63) is 89.0 Å². The summed E-state index contributed by atoms with van der Waals surface area (Å²) in [5, 5.41) is 2.66. The third-order valence-electron chi connectivity index (χ3n) is 4.91. The summed E-state index contributed by atoms with van der Waals surface area (Å²) in [4.78, 5) is 24.4. The van der Waals surface area contributed by atoms with Crippen LogP contribution in [0.1, 0.15) is 27.0 Å². The number of nitrogens with one attached hydrogen (secondary N) is 1. The highest BCUT2D eigenvalue weighted by Gasteiger charge is 2.20. The van der Waals surface area contributed by atoms with Gasteiger partial charge in [0, 0.05) is 12.1 Å². The maximum Gasteiger partial charge on any atom is 0.339 e. The molecule has 8 nitrogen and oxygen atoms in total. The van der Waals surface area contributed by atoms with E-state index in [1.54, 1.807) is 26.0 Å². The molecule has 0 aliphatic rings. The van der Waals surface area contributed by atoms with Crippen LogP contribution in [0.5, 0.6) is 11.5 Å². The van der Waals surface area contributed by atoms with Crippen LogP contribution in [-0.2, 0) is 26.2 Å². The van der Waals surface area contributed by atoms with Crippen LogP contribution < -0.4 is 14.2 Å². The SMILES string of the molecule is COc1ccccc1CNC(=O)COC(=O)c1ccc(OS(=O)(=O)c2cc(C)ccc2C)cc1. The van der Waals surface area contributed by atoms with Crippen molar-refractivity contribution in [1.29, 1.82) is 0 Å².